The zero-order valence-corrected chi connectivity index (χ0v) is 18.6. The lowest BCUT2D eigenvalue weighted by molar-refractivity contribution is 0.0704. The predicted octanol–water partition coefficient (Wildman–Crippen LogP) is 1.71. The molecule has 31 heavy (non-hydrogen) atoms. The van der Waals surface area contributed by atoms with Gasteiger partial charge in [0.2, 0.25) is 0 Å². The molecule has 3 heterocycles. The summed E-state index contributed by atoms with van der Waals surface area (Å²) in [5, 5.41) is 3.62. The number of hydrogen-bond donors (Lipinski definition) is 1. The lowest BCUT2D eigenvalue weighted by Crippen LogP contribution is -2.44. The molecule has 8 nitrogen and oxygen atoms in total. The van der Waals surface area contributed by atoms with Crippen LogP contribution in [0.5, 0.6) is 0 Å². The molecular weight excluding hydrogens is 416 g/mol. The van der Waals surface area contributed by atoms with Gasteiger partial charge in [-0.15, -0.1) is 0 Å². The van der Waals surface area contributed by atoms with Crippen LogP contribution in [0.15, 0.2) is 52.4 Å². The van der Waals surface area contributed by atoms with Crippen molar-refractivity contribution in [2.45, 2.75) is 30.7 Å². The van der Waals surface area contributed by atoms with Gasteiger partial charge in [0, 0.05) is 37.9 Å². The van der Waals surface area contributed by atoms with E-state index >= 15 is 0 Å². The molecule has 1 aliphatic rings. The van der Waals surface area contributed by atoms with Crippen molar-refractivity contribution in [1.29, 1.82) is 0 Å². The van der Waals surface area contributed by atoms with Gasteiger partial charge in [-0.3, -0.25) is 9.59 Å². The first-order chi connectivity index (χ1) is 14.7. The first-order valence-electron chi connectivity index (χ1n) is 10.2. The molecule has 2 aromatic heterocycles. The highest BCUT2D eigenvalue weighted by Gasteiger charge is 2.28. The predicted molar refractivity (Wildman–Crippen MR) is 119 cm³/mol. The summed E-state index contributed by atoms with van der Waals surface area (Å²) in [6, 6.07) is 8.08. The second-order valence-electron chi connectivity index (χ2n) is 8.05. The molecule has 0 unspecified atom stereocenters. The van der Waals surface area contributed by atoms with Crippen LogP contribution in [0.1, 0.15) is 28.8 Å². The van der Waals surface area contributed by atoms with E-state index in [1.54, 1.807) is 24.1 Å². The van der Waals surface area contributed by atoms with Crippen LogP contribution < -0.4 is 10.9 Å². The number of benzene rings is 1. The van der Waals surface area contributed by atoms with E-state index < -0.39 is 15.6 Å². The minimum Gasteiger partial charge on any atom is -0.339 e. The van der Waals surface area contributed by atoms with Crippen LogP contribution >= 0.6 is 0 Å². The number of aryl methyl sites for hydroxylation is 2. The minimum absolute atomic E-state index is 0.0207. The molecule has 1 saturated heterocycles. The molecule has 3 aromatic rings. The highest BCUT2D eigenvalue weighted by atomic mass is 32.2. The van der Waals surface area contributed by atoms with Crippen LogP contribution in [0.25, 0.3) is 10.9 Å². The van der Waals surface area contributed by atoms with E-state index in [9.17, 15) is 18.0 Å². The van der Waals surface area contributed by atoms with Crippen molar-refractivity contribution >= 4 is 26.8 Å². The summed E-state index contributed by atoms with van der Waals surface area (Å²) < 4.78 is 28.8. The number of carbonyl (C=O) groups excluding carboxylic acids is 1. The zero-order valence-electron chi connectivity index (χ0n) is 17.8. The van der Waals surface area contributed by atoms with Crippen LogP contribution in [-0.4, -0.2) is 53.9 Å². The van der Waals surface area contributed by atoms with E-state index in [1.807, 2.05) is 6.92 Å². The molecule has 0 bridgehead atoms. The second-order valence-corrected chi connectivity index (χ2v) is 9.86. The fourth-order valence-corrected chi connectivity index (χ4v) is 5.42. The molecule has 1 amide bonds. The molecular formula is C22H26N4O4S. The van der Waals surface area contributed by atoms with Crippen molar-refractivity contribution < 1.29 is 13.2 Å². The fourth-order valence-electron chi connectivity index (χ4n) is 4.07. The maximum Gasteiger partial charge on any atom is 0.275 e. The van der Waals surface area contributed by atoms with E-state index in [4.69, 9.17) is 0 Å². The van der Waals surface area contributed by atoms with Crippen molar-refractivity contribution in [2.24, 2.45) is 7.05 Å². The van der Waals surface area contributed by atoms with Crippen molar-refractivity contribution in [3.8, 4) is 0 Å². The average Bonchev–Trinajstić information content (AvgIpc) is 3.22. The van der Waals surface area contributed by atoms with E-state index in [0.29, 0.717) is 10.9 Å². The number of pyridine rings is 1. The van der Waals surface area contributed by atoms with Gasteiger partial charge in [0.1, 0.15) is 5.52 Å². The molecule has 9 heteroatoms. The van der Waals surface area contributed by atoms with Gasteiger partial charge < -0.3 is 14.8 Å². The molecule has 4 rings (SSSR count). The summed E-state index contributed by atoms with van der Waals surface area (Å²) in [5.41, 5.74) is 0.751. The van der Waals surface area contributed by atoms with Crippen LogP contribution in [-0.2, 0) is 17.1 Å². The molecule has 0 radical (unpaired) electrons. The molecule has 1 aliphatic heterocycles. The van der Waals surface area contributed by atoms with Gasteiger partial charge in [-0.05, 0) is 51.1 Å². The summed E-state index contributed by atoms with van der Waals surface area (Å²) in [6.45, 7) is 3.56. The zero-order chi connectivity index (χ0) is 22.3. The number of piperidine rings is 1. The number of amides is 1. The van der Waals surface area contributed by atoms with Crippen LogP contribution in [0.4, 0.5) is 0 Å². The Morgan fingerprint density at radius 2 is 1.77 bits per heavy atom. The van der Waals surface area contributed by atoms with E-state index in [1.165, 1.54) is 42.2 Å². The Labute approximate surface area is 181 Å². The van der Waals surface area contributed by atoms with Gasteiger partial charge >= 0.3 is 0 Å². The fraction of sp³-hybridized carbons (Fsp3) is 0.364. The monoisotopic (exact) mass is 442 g/mol. The maximum atomic E-state index is 13.3. The van der Waals surface area contributed by atoms with Crippen molar-refractivity contribution in [2.75, 3.05) is 20.1 Å². The Morgan fingerprint density at radius 1 is 1.13 bits per heavy atom. The molecule has 1 fully saturated rings. The van der Waals surface area contributed by atoms with Crippen molar-refractivity contribution in [1.82, 2.24) is 18.8 Å². The van der Waals surface area contributed by atoms with E-state index in [2.05, 4.69) is 5.32 Å². The normalized spacial score (nSPS) is 15.3. The molecule has 0 aliphatic carbocycles. The van der Waals surface area contributed by atoms with Gasteiger partial charge in [-0.2, -0.15) is 0 Å². The third-order valence-electron chi connectivity index (χ3n) is 5.97. The van der Waals surface area contributed by atoms with E-state index in [-0.39, 0.29) is 22.4 Å². The van der Waals surface area contributed by atoms with Gasteiger partial charge in [-0.1, -0.05) is 17.7 Å². The Hall–Kier alpha value is -2.91. The minimum atomic E-state index is -3.99. The van der Waals surface area contributed by atoms with E-state index in [0.717, 1.165) is 35.5 Å². The Morgan fingerprint density at radius 3 is 2.42 bits per heavy atom. The number of nitrogens with zero attached hydrogens (tertiary/aromatic N) is 3. The standard InChI is InChI=1S/C22H26N4O4S/c1-15-4-6-17(7-5-15)31(29,30)26-13-10-18-19(14-24(2)22(28)20(18)26)21(27)25(3)16-8-11-23-12-9-16/h4-7,10,13-14,16,23H,8-9,11-12H2,1-3H3. The lowest BCUT2D eigenvalue weighted by atomic mass is 10.0. The highest BCUT2D eigenvalue weighted by molar-refractivity contribution is 7.90. The number of aromatic nitrogens is 2. The summed E-state index contributed by atoms with van der Waals surface area (Å²) in [5.74, 6) is -0.224. The smallest absolute Gasteiger partial charge is 0.275 e. The van der Waals surface area contributed by atoms with Crippen LogP contribution in [0.3, 0.4) is 0 Å². The molecule has 1 N–H and O–H groups in total. The summed E-state index contributed by atoms with van der Waals surface area (Å²) >= 11 is 0. The topological polar surface area (TPSA) is 93.4 Å². The third kappa shape index (κ3) is 3.68. The number of fused-ring (bicyclic) bond motifs is 1. The number of carbonyl (C=O) groups is 1. The molecule has 0 saturated carbocycles. The lowest BCUT2D eigenvalue weighted by Gasteiger charge is -2.31. The van der Waals surface area contributed by atoms with Crippen LogP contribution in [0.2, 0.25) is 0 Å². The average molecular weight is 443 g/mol. The van der Waals surface area contributed by atoms with Crippen LogP contribution in [0, 0.1) is 6.92 Å². The summed E-state index contributed by atoms with van der Waals surface area (Å²) in [7, 11) is -0.705. The van der Waals surface area contributed by atoms with Crippen molar-refractivity contribution in [3.63, 3.8) is 0 Å². The van der Waals surface area contributed by atoms with Gasteiger partial charge in [-0.25, -0.2) is 12.4 Å². The SMILES string of the molecule is Cc1ccc(S(=O)(=O)n2ccc3c(C(=O)N(C)C4CCNCC4)cn(C)c(=O)c32)cc1. The van der Waals surface area contributed by atoms with Gasteiger partial charge in [0.15, 0.2) is 0 Å². The van der Waals surface area contributed by atoms with Crippen molar-refractivity contribution in [3.05, 3.63) is 64.2 Å². The first-order valence-corrected chi connectivity index (χ1v) is 11.7. The quantitative estimate of drug-likeness (QED) is 0.664. The second kappa shape index (κ2) is 7.97. The van der Waals surface area contributed by atoms with Gasteiger partial charge in [0.25, 0.3) is 21.5 Å². The molecule has 0 spiro atoms. The molecule has 0 atom stereocenters. The Balaban J connectivity index is 1.85. The van der Waals surface area contributed by atoms with Gasteiger partial charge in [0.05, 0.1) is 10.5 Å². The Bertz CT molecular complexity index is 1300. The number of rotatable bonds is 4. The largest absolute Gasteiger partial charge is 0.339 e. The number of nitrogens with one attached hydrogen (secondary N) is 1. The highest BCUT2D eigenvalue weighted by Crippen LogP contribution is 2.24. The molecule has 1 aromatic carbocycles. The maximum absolute atomic E-state index is 13.3. The summed E-state index contributed by atoms with van der Waals surface area (Å²) in [6.07, 6.45) is 4.54. The number of hydrogen-bond acceptors (Lipinski definition) is 5. The third-order valence-corrected chi connectivity index (χ3v) is 7.66. The first kappa shape index (κ1) is 21.3. The summed E-state index contributed by atoms with van der Waals surface area (Å²) in [4.78, 5) is 28.0. The molecule has 164 valence electrons. The Kier molecular flexibility index (Phi) is 5.49.